The summed E-state index contributed by atoms with van der Waals surface area (Å²) in [5, 5.41) is 14.2. The number of amides is 1. The molecule has 0 aliphatic carbocycles. The summed E-state index contributed by atoms with van der Waals surface area (Å²) in [5.41, 5.74) is 0.428. The number of nitrogens with zero attached hydrogens (tertiary/aromatic N) is 4. The van der Waals surface area contributed by atoms with E-state index >= 15 is 0 Å². The van der Waals surface area contributed by atoms with Gasteiger partial charge in [0.05, 0.1) is 19.2 Å². The Kier molecular flexibility index (Phi) is 4.07. The highest BCUT2D eigenvalue weighted by Crippen LogP contribution is 2.17. The van der Waals surface area contributed by atoms with Gasteiger partial charge in [-0.2, -0.15) is 4.80 Å². The van der Waals surface area contributed by atoms with Crippen LogP contribution in [0.1, 0.15) is 23.7 Å². The van der Waals surface area contributed by atoms with Gasteiger partial charge in [-0.05, 0) is 23.8 Å². The van der Waals surface area contributed by atoms with E-state index in [0.717, 1.165) is 6.42 Å². The van der Waals surface area contributed by atoms with Crippen LogP contribution in [0.4, 0.5) is 5.95 Å². The topological polar surface area (TPSA) is 81.9 Å². The number of aromatic nitrogens is 4. The first-order valence-electron chi connectivity index (χ1n) is 5.96. The van der Waals surface area contributed by atoms with Crippen LogP contribution in [-0.4, -0.2) is 33.2 Å². The number of rotatable bonds is 5. The van der Waals surface area contributed by atoms with E-state index in [2.05, 4.69) is 20.7 Å². The van der Waals surface area contributed by atoms with Crippen LogP contribution in [0.3, 0.4) is 0 Å². The molecule has 19 heavy (non-hydrogen) atoms. The molecule has 0 unspecified atom stereocenters. The third-order valence-electron chi connectivity index (χ3n) is 2.45. The lowest BCUT2D eigenvalue weighted by molar-refractivity contribution is 0.102. The van der Waals surface area contributed by atoms with Gasteiger partial charge in [0.25, 0.3) is 11.9 Å². The van der Waals surface area contributed by atoms with Crippen LogP contribution >= 0.6 is 0 Å². The van der Waals surface area contributed by atoms with Gasteiger partial charge in [0.2, 0.25) is 0 Å². The second-order valence-corrected chi connectivity index (χ2v) is 3.86. The molecule has 7 heteroatoms. The van der Waals surface area contributed by atoms with Crippen molar-refractivity contribution in [2.45, 2.75) is 19.9 Å². The molecule has 1 N–H and O–H groups in total. The maximum Gasteiger partial charge on any atom is 0.270 e. The molecule has 0 fully saturated rings. The van der Waals surface area contributed by atoms with Crippen molar-refractivity contribution in [1.82, 2.24) is 20.2 Å². The van der Waals surface area contributed by atoms with Crippen molar-refractivity contribution >= 4 is 11.9 Å². The number of para-hydroxylation sites is 1. The molecule has 1 aromatic carbocycles. The fourth-order valence-corrected chi connectivity index (χ4v) is 1.59. The number of tetrazole rings is 1. The molecule has 0 bridgehead atoms. The van der Waals surface area contributed by atoms with Gasteiger partial charge in [-0.1, -0.05) is 24.2 Å². The molecule has 0 atom stereocenters. The number of nitrogens with one attached hydrogen (secondary N) is 1. The summed E-state index contributed by atoms with van der Waals surface area (Å²) < 4.78 is 5.13. The number of aryl methyl sites for hydroxylation is 1. The minimum Gasteiger partial charge on any atom is -0.496 e. The van der Waals surface area contributed by atoms with E-state index in [4.69, 9.17) is 4.74 Å². The molecule has 0 saturated carbocycles. The second kappa shape index (κ2) is 5.94. The molecule has 0 saturated heterocycles. The summed E-state index contributed by atoms with van der Waals surface area (Å²) in [6, 6.07) is 6.95. The Labute approximate surface area is 110 Å². The molecule has 0 aliphatic rings. The zero-order valence-electron chi connectivity index (χ0n) is 10.8. The zero-order valence-corrected chi connectivity index (χ0v) is 10.8. The predicted molar refractivity (Wildman–Crippen MR) is 69.1 cm³/mol. The zero-order chi connectivity index (χ0) is 13.7. The molecule has 1 amide bonds. The van der Waals surface area contributed by atoms with E-state index in [-0.39, 0.29) is 11.9 Å². The van der Waals surface area contributed by atoms with Gasteiger partial charge in [-0.3, -0.25) is 10.1 Å². The van der Waals surface area contributed by atoms with Crippen LogP contribution in [0.25, 0.3) is 0 Å². The standard InChI is InChI=1S/C12H15N5O2/c1-3-8-17-15-12(14-16-17)13-11(18)9-6-4-5-7-10(9)19-2/h4-7H,3,8H2,1-2H3,(H,13,15,18). The van der Waals surface area contributed by atoms with Crippen LogP contribution in [0.2, 0.25) is 0 Å². The van der Waals surface area contributed by atoms with E-state index in [0.29, 0.717) is 17.9 Å². The monoisotopic (exact) mass is 261 g/mol. The summed E-state index contributed by atoms with van der Waals surface area (Å²) in [7, 11) is 1.52. The molecule has 0 radical (unpaired) electrons. The van der Waals surface area contributed by atoms with E-state index < -0.39 is 0 Å². The number of methoxy groups -OCH3 is 1. The number of ether oxygens (including phenoxy) is 1. The molecule has 0 aliphatic heterocycles. The maximum absolute atomic E-state index is 12.1. The van der Waals surface area contributed by atoms with Crippen LogP contribution in [0.15, 0.2) is 24.3 Å². The molecule has 100 valence electrons. The van der Waals surface area contributed by atoms with Gasteiger partial charge in [0, 0.05) is 0 Å². The van der Waals surface area contributed by atoms with Crippen LogP contribution < -0.4 is 10.1 Å². The van der Waals surface area contributed by atoms with E-state index in [1.807, 2.05) is 6.92 Å². The van der Waals surface area contributed by atoms with Crippen molar-refractivity contribution in [3.8, 4) is 5.75 Å². The van der Waals surface area contributed by atoms with Crippen molar-refractivity contribution in [3.05, 3.63) is 29.8 Å². The summed E-state index contributed by atoms with van der Waals surface area (Å²) in [4.78, 5) is 13.5. The number of benzene rings is 1. The average molecular weight is 261 g/mol. The third kappa shape index (κ3) is 3.06. The predicted octanol–water partition coefficient (Wildman–Crippen LogP) is 1.34. The first kappa shape index (κ1) is 13.0. The minimum atomic E-state index is -0.325. The second-order valence-electron chi connectivity index (χ2n) is 3.86. The van der Waals surface area contributed by atoms with E-state index in [9.17, 15) is 4.79 Å². The molecule has 7 nitrogen and oxygen atoms in total. The van der Waals surface area contributed by atoms with Crippen molar-refractivity contribution in [2.75, 3.05) is 12.4 Å². The quantitative estimate of drug-likeness (QED) is 0.878. The maximum atomic E-state index is 12.1. The Morgan fingerprint density at radius 1 is 1.42 bits per heavy atom. The van der Waals surface area contributed by atoms with E-state index in [1.54, 1.807) is 24.3 Å². The highest BCUT2D eigenvalue weighted by atomic mass is 16.5. The summed E-state index contributed by atoms with van der Waals surface area (Å²) in [6.45, 7) is 2.67. The highest BCUT2D eigenvalue weighted by Gasteiger charge is 2.13. The fraction of sp³-hybridized carbons (Fsp3) is 0.333. The van der Waals surface area contributed by atoms with Crippen molar-refractivity contribution < 1.29 is 9.53 Å². The summed E-state index contributed by atoms with van der Waals surface area (Å²) >= 11 is 0. The average Bonchev–Trinajstić information content (AvgIpc) is 2.86. The molecule has 2 rings (SSSR count). The Morgan fingerprint density at radius 3 is 2.95 bits per heavy atom. The lowest BCUT2D eigenvalue weighted by Gasteiger charge is -2.06. The summed E-state index contributed by atoms with van der Waals surface area (Å²) in [6.07, 6.45) is 0.899. The molecular formula is C12H15N5O2. The third-order valence-corrected chi connectivity index (χ3v) is 2.45. The summed E-state index contributed by atoms with van der Waals surface area (Å²) in [5.74, 6) is 0.360. The van der Waals surface area contributed by atoms with Crippen LogP contribution in [0, 0.1) is 0 Å². The number of hydrogen-bond acceptors (Lipinski definition) is 5. The first-order chi connectivity index (χ1) is 9.24. The van der Waals surface area contributed by atoms with E-state index in [1.165, 1.54) is 11.9 Å². The number of hydrogen-bond donors (Lipinski definition) is 1. The van der Waals surface area contributed by atoms with Crippen LogP contribution in [0.5, 0.6) is 5.75 Å². The largest absolute Gasteiger partial charge is 0.496 e. The van der Waals surface area contributed by atoms with Gasteiger partial charge in [0.15, 0.2) is 0 Å². The smallest absolute Gasteiger partial charge is 0.270 e. The fourth-order valence-electron chi connectivity index (χ4n) is 1.59. The first-order valence-corrected chi connectivity index (χ1v) is 5.96. The minimum absolute atomic E-state index is 0.185. The molecule has 0 spiro atoms. The van der Waals surface area contributed by atoms with Crippen molar-refractivity contribution in [2.24, 2.45) is 0 Å². The Bertz CT molecular complexity index is 567. The van der Waals surface area contributed by atoms with Gasteiger partial charge in [0.1, 0.15) is 5.75 Å². The Morgan fingerprint density at radius 2 is 2.21 bits per heavy atom. The SMILES string of the molecule is CCCn1nnc(NC(=O)c2ccccc2OC)n1. The lowest BCUT2D eigenvalue weighted by atomic mass is 10.2. The highest BCUT2D eigenvalue weighted by molar-refractivity contribution is 6.05. The Balaban J connectivity index is 2.11. The van der Waals surface area contributed by atoms with Crippen molar-refractivity contribution in [1.29, 1.82) is 0 Å². The van der Waals surface area contributed by atoms with Gasteiger partial charge in [-0.25, -0.2) is 0 Å². The van der Waals surface area contributed by atoms with Gasteiger partial charge >= 0.3 is 0 Å². The van der Waals surface area contributed by atoms with Gasteiger partial charge < -0.3 is 4.74 Å². The Hall–Kier alpha value is -2.44. The number of carbonyl (C=O) groups excluding carboxylic acids is 1. The number of anilines is 1. The molecule has 1 aromatic heterocycles. The molecule has 1 heterocycles. The van der Waals surface area contributed by atoms with Crippen molar-refractivity contribution in [3.63, 3.8) is 0 Å². The molecular weight excluding hydrogens is 246 g/mol. The van der Waals surface area contributed by atoms with Gasteiger partial charge in [-0.15, -0.1) is 5.10 Å². The lowest BCUT2D eigenvalue weighted by Crippen LogP contribution is -2.14. The molecule has 2 aromatic rings. The normalized spacial score (nSPS) is 10.2. The van der Waals surface area contributed by atoms with Crippen LogP contribution in [-0.2, 0) is 6.54 Å². The number of carbonyl (C=O) groups is 1.